The third-order valence-corrected chi connectivity index (χ3v) is 2.54. The molecule has 1 fully saturated rings. The van der Waals surface area contributed by atoms with Crippen molar-refractivity contribution in [1.29, 1.82) is 0 Å². The predicted octanol–water partition coefficient (Wildman–Crippen LogP) is -1.66. The molecule has 0 aromatic rings. The van der Waals surface area contributed by atoms with Gasteiger partial charge in [0.15, 0.2) is 0 Å². The van der Waals surface area contributed by atoms with E-state index in [4.69, 9.17) is 15.8 Å². The third kappa shape index (κ3) is 1.85. The van der Waals surface area contributed by atoms with Gasteiger partial charge in [-0.1, -0.05) is 0 Å². The minimum Gasteiger partial charge on any atom is -0.426 e. The quantitative estimate of drug-likeness (QED) is 0.450. The van der Waals surface area contributed by atoms with Crippen molar-refractivity contribution >= 4 is 13.0 Å². The van der Waals surface area contributed by atoms with E-state index in [-0.39, 0.29) is 5.91 Å². The molecule has 6 heteroatoms. The van der Waals surface area contributed by atoms with E-state index in [9.17, 15) is 4.79 Å². The molecule has 1 heterocycles. The number of nitrogens with two attached hydrogens (primary N) is 1. The highest BCUT2D eigenvalue weighted by molar-refractivity contribution is 6.43. The molecule has 0 unspecified atom stereocenters. The Hall–Kier alpha value is -0.585. The fourth-order valence-electron chi connectivity index (χ4n) is 1.44. The maximum Gasteiger partial charge on any atom is 0.475 e. The molecule has 74 valence electrons. The van der Waals surface area contributed by atoms with Crippen LogP contribution in [0.4, 0.5) is 0 Å². The SMILES string of the molecule is C[C@@H](B(O)O)N1CC[C@@](C)(N)C1=O. The van der Waals surface area contributed by atoms with Crippen LogP contribution in [0.5, 0.6) is 0 Å². The Kier molecular flexibility index (Phi) is 2.65. The van der Waals surface area contributed by atoms with Gasteiger partial charge in [-0.3, -0.25) is 4.79 Å². The molecule has 0 bridgehead atoms. The van der Waals surface area contributed by atoms with Crippen LogP contribution in [0, 0.1) is 0 Å². The molecule has 1 saturated heterocycles. The molecule has 1 amide bonds. The zero-order valence-corrected chi connectivity index (χ0v) is 7.90. The van der Waals surface area contributed by atoms with Gasteiger partial charge in [0.2, 0.25) is 5.91 Å². The van der Waals surface area contributed by atoms with Gasteiger partial charge in [-0.25, -0.2) is 0 Å². The summed E-state index contributed by atoms with van der Waals surface area (Å²) in [6.45, 7) is 3.74. The lowest BCUT2D eigenvalue weighted by molar-refractivity contribution is -0.132. The van der Waals surface area contributed by atoms with Gasteiger partial charge >= 0.3 is 7.12 Å². The number of rotatable bonds is 2. The topological polar surface area (TPSA) is 86.8 Å². The summed E-state index contributed by atoms with van der Waals surface area (Å²) in [6.07, 6.45) is 0.558. The van der Waals surface area contributed by atoms with Gasteiger partial charge in [-0.2, -0.15) is 0 Å². The average molecular weight is 186 g/mol. The van der Waals surface area contributed by atoms with Crippen LogP contribution in [0.3, 0.4) is 0 Å². The number of amides is 1. The molecule has 1 aliphatic heterocycles. The molecular weight excluding hydrogens is 171 g/mol. The van der Waals surface area contributed by atoms with Crippen LogP contribution in [0.2, 0.25) is 0 Å². The van der Waals surface area contributed by atoms with E-state index >= 15 is 0 Å². The van der Waals surface area contributed by atoms with Gasteiger partial charge in [0, 0.05) is 6.54 Å². The third-order valence-electron chi connectivity index (χ3n) is 2.54. The van der Waals surface area contributed by atoms with Crippen LogP contribution in [0.25, 0.3) is 0 Å². The summed E-state index contributed by atoms with van der Waals surface area (Å²) >= 11 is 0. The molecule has 4 N–H and O–H groups in total. The summed E-state index contributed by atoms with van der Waals surface area (Å²) in [4.78, 5) is 13.0. The van der Waals surface area contributed by atoms with E-state index in [1.54, 1.807) is 13.8 Å². The van der Waals surface area contributed by atoms with E-state index in [0.717, 1.165) is 0 Å². The van der Waals surface area contributed by atoms with Crippen molar-refractivity contribution in [2.24, 2.45) is 5.73 Å². The molecule has 1 rings (SSSR count). The van der Waals surface area contributed by atoms with Crippen molar-refractivity contribution < 1.29 is 14.8 Å². The first kappa shape index (κ1) is 10.5. The molecule has 0 aromatic heterocycles. The molecule has 1 aliphatic rings. The number of hydrogen-bond acceptors (Lipinski definition) is 4. The Morgan fingerprint density at radius 1 is 1.69 bits per heavy atom. The van der Waals surface area contributed by atoms with Crippen LogP contribution in [0.15, 0.2) is 0 Å². The molecule has 2 atom stereocenters. The molecule has 0 spiro atoms. The number of nitrogens with zero attached hydrogens (tertiary/aromatic N) is 1. The van der Waals surface area contributed by atoms with Crippen molar-refractivity contribution in [1.82, 2.24) is 4.90 Å². The Morgan fingerprint density at radius 3 is 2.54 bits per heavy atom. The maximum atomic E-state index is 11.6. The Morgan fingerprint density at radius 2 is 2.23 bits per heavy atom. The van der Waals surface area contributed by atoms with E-state index in [2.05, 4.69) is 0 Å². The fraction of sp³-hybridized carbons (Fsp3) is 0.857. The fourth-order valence-corrected chi connectivity index (χ4v) is 1.44. The van der Waals surface area contributed by atoms with Crippen LogP contribution in [-0.2, 0) is 4.79 Å². The lowest BCUT2D eigenvalue weighted by atomic mass is 9.80. The second kappa shape index (κ2) is 3.28. The first-order chi connectivity index (χ1) is 5.86. The smallest absolute Gasteiger partial charge is 0.426 e. The van der Waals surface area contributed by atoms with Crippen LogP contribution in [0.1, 0.15) is 20.3 Å². The molecule has 13 heavy (non-hydrogen) atoms. The highest BCUT2D eigenvalue weighted by Crippen LogP contribution is 2.21. The van der Waals surface area contributed by atoms with Gasteiger partial charge in [0.1, 0.15) is 0 Å². The summed E-state index contributed by atoms with van der Waals surface area (Å²) < 4.78 is 0. The van der Waals surface area contributed by atoms with Crippen molar-refractivity contribution in [3.8, 4) is 0 Å². The van der Waals surface area contributed by atoms with Crippen LogP contribution >= 0.6 is 0 Å². The summed E-state index contributed by atoms with van der Waals surface area (Å²) in [5.41, 5.74) is 4.85. The van der Waals surface area contributed by atoms with Crippen molar-refractivity contribution in [2.75, 3.05) is 6.54 Å². The summed E-state index contributed by atoms with van der Waals surface area (Å²) in [6, 6.07) is 0. The largest absolute Gasteiger partial charge is 0.475 e. The van der Waals surface area contributed by atoms with Gasteiger partial charge in [-0.15, -0.1) is 0 Å². The minimum absolute atomic E-state index is 0.215. The van der Waals surface area contributed by atoms with Crippen molar-refractivity contribution in [3.63, 3.8) is 0 Å². The lowest BCUT2D eigenvalue weighted by Crippen LogP contribution is -2.51. The Labute approximate surface area is 77.7 Å². The van der Waals surface area contributed by atoms with Crippen molar-refractivity contribution in [3.05, 3.63) is 0 Å². The Balaban J connectivity index is 2.71. The summed E-state index contributed by atoms with van der Waals surface area (Å²) in [5.74, 6) is -0.800. The zero-order valence-electron chi connectivity index (χ0n) is 7.90. The van der Waals surface area contributed by atoms with E-state index < -0.39 is 18.6 Å². The van der Waals surface area contributed by atoms with E-state index in [0.29, 0.717) is 13.0 Å². The first-order valence-corrected chi connectivity index (χ1v) is 4.32. The number of carbonyl (C=O) groups is 1. The maximum absolute atomic E-state index is 11.6. The summed E-state index contributed by atoms with van der Waals surface area (Å²) in [5, 5.41) is 17.8. The second-order valence-corrected chi connectivity index (χ2v) is 3.82. The molecular formula is C7H15BN2O3. The summed E-state index contributed by atoms with van der Waals surface area (Å²) in [7, 11) is -1.50. The highest BCUT2D eigenvalue weighted by atomic mass is 16.4. The van der Waals surface area contributed by atoms with Gasteiger partial charge in [0.25, 0.3) is 0 Å². The van der Waals surface area contributed by atoms with Gasteiger partial charge < -0.3 is 20.7 Å². The highest BCUT2D eigenvalue weighted by Gasteiger charge is 2.43. The van der Waals surface area contributed by atoms with E-state index in [1.807, 2.05) is 0 Å². The lowest BCUT2D eigenvalue weighted by Gasteiger charge is -2.25. The predicted molar refractivity (Wildman–Crippen MR) is 48.6 cm³/mol. The molecule has 0 radical (unpaired) electrons. The standard InChI is InChI=1S/C7H15BN2O3/c1-5(8(12)13)10-4-3-7(2,9)6(10)11/h5,12-13H,3-4,9H2,1-2H3/t5-,7+/m0/s1. The molecule has 0 aliphatic carbocycles. The number of likely N-dealkylation sites (tertiary alicyclic amines) is 1. The van der Waals surface area contributed by atoms with Crippen LogP contribution in [-0.4, -0.2) is 46.0 Å². The van der Waals surface area contributed by atoms with Crippen molar-refractivity contribution in [2.45, 2.75) is 31.7 Å². The average Bonchev–Trinajstić information content (AvgIpc) is 2.27. The van der Waals surface area contributed by atoms with Crippen LogP contribution < -0.4 is 5.73 Å². The second-order valence-electron chi connectivity index (χ2n) is 3.82. The number of hydrogen-bond donors (Lipinski definition) is 3. The molecule has 5 nitrogen and oxygen atoms in total. The normalized spacial score (nSPS) is 30.8. The Bertz CT molecular complexity index is 220. The van der Waals surface area contributed by atoms with Gasteiger partial charge in [0.05, 0.1) is 11.5 Å². The zero-order chi connectivity index (χ0) is 10.2. The number of carbonyl (C=O) groups excluding carboxylic acids is 1. The minimum atomic E-state index is -1.50. The molecule has 0 aromatic carbocycles. The monoisotopic (exact) mass is 186 g/mol. The van der Waals surface area contributed by atoms with Gasteiger partial charge in [-0.05, 0) is 20.3 Å². The van der Waals surface area contributed by atoms with E-state index in [1.165, 1.54) is 4.90 Å². The first-order valence-electron chi connectivity index (χ1n) is 4.32. The molecule has 0 saturated carbocycles.